The first-order valence-electron chi connectivity index (χ1n) is 7.66. The summed E-state index contributed by atoms with van der Waals surface area (Å²) in [5.74, 6) is 1.58. The Bertz CT molecular complexity index is 659. The third kappa shape index (κ3) is 3.05. The van der Waals surface area contributed by atoms with Gasteiger partial charge in [0.2, 0.25) is 5.95 Å². The molecule has 0 bridgehead atoms. The smallest absolute Gasteiger partial charge is 0.225 e. The number of nitrogens with one attached hydrogen (secondary N) is 1. The molecule has 2 heterocycles. The van der Waals surface area contributed by atoms with Crippen LogP contribution in [0.3, 0.4) is 0 Å². The Labute approximate surface area is 132 Å². The molecule has 6 nitrogen and oxygen atoms in total. The molecule has 0 fully saturated rings. The lowest BCUT2D eigenvalue weighted by atomic mass is 10.1. The number of anilines is 2. The van der Waals surface area contributed by atoms with Crippen LogP contribution in [0.4, 0.5) is 11.8 Å². The predicted octanol–water partition coefficient (Wildman–Crippen LogP) is 2.86. The largest absolute Gasteiger partial charge is 0.362 e. The molecule has 2 aromatic heterocycles. The van der Waals surface area contributed by atoms with Crippen LogP contribution in [-0.4, -0.2) is 33.8 Å². The zero-order valence-corrected chi connectivity index (χ0v) is 14.6. The molecule has 22 heavy (non-hydrogen) atoms. The van der Waals surface area contributed by atoms with E-state index < -0.39 is 0 Å². The quantitative estimate of drug-likeness (QED) is 0.920. The van der Waals surface area contributed by atoms with Crippen LogP contribution in [0.25, 0.3) is 0 Å². The lowest BCUT2D eigenvalue weighted by Crippen LogP contribution is -2.16. The molecule has 0 aromatic carbocycles. The van der Waals surface area contributed by atoms with Gasteiger partial charge >= 0.3 is 0 Å². The van der Waals surface area contributed by atoms with Gasteiger partial charge in [0.15, 0.2) is 0 Å². The molecule has 2 aromatic rings. The van der Waals surface area contributed by atoms with Gasteiger partial charge in [-0.25, -0.2) is 4.98 Å². The van der Waals surface area contributed by atoms with Crippen LogP contribution in [0.5, 0.6) is 0 Å². The summed E-state index contributed by atoms with van der Waals surface area (Å²) in [6.45, 7) is 11.3. The van der Waals surface area contributed by atoms with E-state index in [0.717, 1.165) is 23.6 Å². The minimum Gasteiger partial charge on any atom is -0.362 e. The fourth-order valence-corrected chi connectivity index (χ4v) is 2.87. The van der Waals surface area contributed by atoms with Crippen molar-refractivity contribution in [3.8, 4) is 0 Å². The number of rotatable bonds is 5. The van der Waals surface area contributed by atoms with E-state index in [1.54, 1.807) is 0 Å². The maximum Gasteiger partial charge on any atom is 0.225 e. The Morgan fingerprint density at radius 3 is 2.50 bits per heavy atom. The van der Waals surface area contributed by atoms with E-state index in [0.29, 0.717) is 5.95 Å². The maximum atomic E-state index is 4.60. The highest BCUT2D eigenvalue weighted by Gasteiger charge is 2.18. The fraction of sp³-hybridized carbons (Fsp3) is 0.562. The van der Waals surface area contributed by atoms with Crippen molar-refractivity contribution in [3.05, 3.63) is 28.7 Å². The molecule has 0 aliphatic rings. The van der Waals surface area contributed by atoms with Crippen LogP contribution in [0.1, 0.15) is 42.4 Å². The summed E-state index contributed by atoms with van der Waals surface area (Å²) in [4.78, 5) is 11.0. The van der Waals surface area contributed by atoms with Crippen molar-refractivity contribution < 1.29 is 0 Å². The number of nitrogens with zero attached hydrogens (tertiary/aromatic N) is 5. The molecular weight excluding hydrogens is 276 g/mol. The molecule has 0 aliphatic heterocycles. The van der Waals surface area contributed by atoms with Crippen molar-refractivity contribution in [1.29, 1.82) is 0 Å². The van der Waals surface area contributed by atoms with Crippen LogP contribution in [-0.2, 0) is 6.54 Å². The molecule has 0 saturated carbocycles. The molecule has 1 atom stereocenters. The standard InChI is InChI=1S/C16H26N6/c1-8-22-13(5)14(12(4)20-22)11(3)18-16-17-9-10(2)15(19-16)21(6)7/h9,11H,8H2,1-7H3,(H,17,18,19). The van der Waals surface area contributed by atoms with Crippen LogP contribution in [0.2, 0.25) is 0 Å². The van der Waals surface area contributed by atoms with Gasteiger partial charge in [0, 0.05) is 43.7 Å². The van der Waals surface area contributed by atoms with Crippen LogP contribution in [0.15, 0.2) is 6.20 Å². The van der Waals surface area contributed by atoms with Gasteiger partial charge in [0.1, 0.15) is 5.82 Å². The van der Waals surface area contributed by atoms with Crippen LogP contribution < -0.4 is 10.2 Å². The number of hydrogen-bond acceptors (Lipinski definition) is 5. The zero-order chi connectivity index (χ0) is 16.4. The van der Waals surface area contributed by atoms with E-state index in [4.69, 9.17) is 0 Å². The minimum absolute atomic E-state index is 0.109. The lowest BCUT2D eigenvalue weighted by Gasteiger charge is -2.18. The van der Waals surface area contributed by atoms with Crippen molar-refractivity contribution in [1.82, 2.24) is 19.7 Å². The average Bonchev–Trinajstić information content (AvgIpc) is 2.75. The number of aryl methyl sites for hydroxylation is 3. The lowest BCUT2D eigenvalue weighted by molar-refractivity contribution is 0.632. The van der Waals surface area contributed by atoms with Gasteiger partial charge in [-0.05, 0) is 34.6 Å². The van der Waals surface area contributed by atoms with Crippen molar-refractivity contribution >= 4 is 11.8 Å². The predicted molar refractivity (Wildman–Crippen MR) is 90.5 cm³/mol. The molecule has 0 saturated heterocycles. The molecule has 0 amide bonds. The molecule has 0 radical (unpaired) electrons. The van der Waals surface area contributed by atoms with Crippen molar-refractivity contribution in [2.75, 3.05) is 24.3 Å². The van der Waals surface area contributed by atoms with E-state index >= 15 is 0 Å². The molecule has 2 rings (SSSR count). The molecule has 1 N–H and O–H groups in total. The second-order valence-corrected chi connectivity index (χ2v) is 5.86. The molecule has 120 valence electrons. The highest BCUT2D eigenvalue weighted by atomic mass is 15.3. The Morgan fingerprint density at radius 1 is 1.27 bits per heavy atom. The van der Waals surface area contributed by atoms with Gasteiger partial charge in [-0.1, -0.05) is 0 Å². The van der Waals surface area contributed by atoms with E-state index in [1.165, 1.54) is 11.3 Å². The number of hydrogen-bond donors (Lipinski definition) is 1. The summed E-state index contributed by atoms with van der Waals surface area (Å²) in [7, 11) is 3.98. The Kier molecular flexibility index (Phi) is 4.68. The third-order valence-corrected chi connectivity index (χ3v) is 3.88. The topological polar surface area (TPSA) is 58.9 Å². The van der Waals surface area contributed by atoms with E-state index in [2.05, 4.69) is 41.2 Å². The highest BCUT2D eigenvalue weighted by Crippen LogP contribution is 2.25. The maximum absolute atomic E-state index is 4.60. The summed E-state index contributed by atoms with van der Waals surface area (Å²) in [6, 6.07) is 0.109. The Morgan fingerprint density at radius 2 is 1.95 bits per heavy atom. The minimum atomic E-state index is 0.109. The summed E-state index contributed by atoms with van der Waals surface area (Å²) in [5, 5.41) is 7.98. The Hall–Kier alpha value is -2.11. The van der Waals surface area contributed by atoms with E-state index in [9.17, 15) is 0 Å². The van der Waals surface area contributed by atoms with E-state index in [-0.39, 0.29) is 6.04 Å². The number of aromatic nitrogens is 4. The van der Waals surface area contributed by atoms with Gasteiger partial charge < -0.3 is 10.2 Å². The van der Waals surface area contributed by atoms with Gasteiger partial charge in [-0.3, -0.25) is 4.68 Å². The van der Waals surface area contributed by atoms with E-state index in [1.807, 2.05) is 43.7 Å². The summed E-state index contributed by atoms with van der Waals surface area (Å²) < 4.78 is 2.03. The second kappa shape index (κ2) is 6.34. The van der Waals surface area contributed by atoms with Crippen molar-refractivity contribution in [2.45, 2.75) is 47.2 Å². The van der Waals surface area contributed by atoms with Gasteiger partial charge in [0.05, 0.1) is 11.7 Å². The fourth-order valence-electron chi connectivity index (χ4n) is 2.87. The van der Waals surface area contributed by atoms with Crippen molar-refractivity contribution in [3.63, 3.8) is 0 Å². The van der Waals surface area contributed by atoms with Crippen LogP contribution in [0, 0.1) is 20.8 Å². The first-order valence-corrected chi connectivity index (χ1v) is 7.66. The first-order chi connectivity index (χ1) is 10.3. The highest BCUT2D eigenvalue weighted by molar-refractivity contribution is 5.48. The molecule has 0 aliphatic carbocycles. The SMILES string of the molecule is CCn1nc(C)c(C(C)Nc2ncc(C)c(N(C)C)n2)c1C. The second-order valence-electron chi connectivity index (χ2n) is 5.86. The molecule has 1 unspecified atom stereocenters. The average molecular weight is 302 g/mol. The zero-order valence-electron chi connectivity index (χ0n) is 14.6. The molecular formula is C16H26N6. The Balaban J connectivity index is 2.28. The first kappa shape index (κ1) is 16.3. The van der Waals surface area contributed by atoms with Gasteiger partial charge in [-0.2, -0.15) is 10.1 Å². The monoisotopic (exact) mass is 302 g/mol. The van der Waals surface area contributed by atoms with Crippen LogP contribution >= 0.6 is 0 Å². The summed E-state index contributed by atoms with van der Waals surface area (Å²) >= 11 is 0. The van der Waals surface area contributed by atoms with Gasteiger partial charge in [-0.15, -0.1) is 0 Å². The molecule has 6 heteroatoms. The summed E-state index contributed by atoms with van der Waals surface area (Å²) in [5.41, 5.74) is 4.53. The molecule has 0 spiro atoms. The summed E-state index contributed by atoms with van der Waals surface area (Å²) in [6.07, 6.45) is 1.85. The van der Waals surface area contributed by atoms with Crippen molar-refractivity contribution in [2.24, 2.45) is 0 Å². The normalized spacial score (nSPS) is 12.3. The third-order valence-electron chi connectivity index (χ3n) is 3.88. The van der Waals surface area contributed by atoms with Gasteiger partial charge in [0.25, 0.3) is 0 Å².